The Morgan fingerprint density at radius 1 is 1.06 bits per heavy atom. The van der Waals surface area contributed by atoms with Crippen LogP contribution in [0, 0.1) is 0 Å². The lowest BCUT2D eigenvalue weighted by atomic mass is 10.1. The van der Waals surface area contributed by atoms with Crippen LogP contribution in [0.2, 0.25) is 5.15 Å². The van der Waals surface area contributed by atoms with Gasteiger partial charge in [-0.1, -0.05) is 31.5 Å². The summed E-state index contributed by atoms with van der Waals surface area (Å²) in [6, 6.07) is 14.6. The van der Waals surface area contributed by atoms with E-state index >= 15 is 0 Å². The van der Waals surface area contributed by atoms with Crippen molar-refractivity contribution in [1.82, 2.24) is 15.2 Å². The van der Waals surface area contributed by atoms with Crippen LogP contribution in [0.5, 0.6) is 11.5 Å². The minimum Gasteiger partial charge on any atom is -0.493 e. The minimum atomic E-state index is -0.157. The number of hydrogen-bond donors (Lipinski definition) is 1. The number of benzene rings is 2. The highest BCUT2D eigenvalue weighted by atomic mass is 35.5. The van der Waals surface area contributed by atoms with Gasteiger partial charge in [0, 0.05) is 24.0 Å². The molecule has 3 aromatic rings. The van der Waals surface area contributed by atoms with Gasteiger partial charge in [0.05, 0.1) is 12.6 Å². The third-order valence-electron chi connectivity index (χ3n) is 5.16. The van der Waals surface area contributed by atoms with Crippen molar-refractivity contribution in [3.63, 3.8) is 0 Å². The topological polar surface area (TPSA) is 63.7 Å². The number of aromatic nitrogens is 1. The molecule has 0 spiro atoms. The molecule has 0 aliphatic rings. The Hall–Kier alpha value is -2.83. The van der Waals surface area contributed by atoms with E-state index in [1.165, 1.54) is 0 Å². The van der Waals surface area contributed by atoms with Gasteiger partial charge in [-0.3, -0.25) is 4.79 Å². The van der Waals surface area contributed by atoms with Crippen LogP contribution in [0.4, 0.5) is 0 Å². The molecule has 0 saturated carbocycles. The predicted molar refractivity (Wildman–Crippen MR) is 124 cm³/mol. The fraction of sp³-hybridized carbons (Fsp3) is 0.333. The van der Waals surface area contributed by atoms with E-state index in [-0.39, 0.29) is 5.91 Å². The Morgan fingerprint density at radius 3 is 2.61 bits per heavy atom. The molecule has 0 unspecified atom stereocenters. The number of rotatable bonds is 10. The van der Waals surface area contributed by atoms with Crippen molar-refractivity contribution in [3.05, 3.63) is 64.8 Å². The monoisotopic (exact) mass is 441 g/mol. The molecule has 3 rings (SSSR count). The van der Waals surface area contributed by atoms with Gasteiger partial charge < -0.3 is 19.7 Å². The van der Waals surface area contributed by atoms with Crippen molar-refractivity contribution in [2.75, 3.05) is 33.4 Å². The summed E-state index contributed by atoms with van der Waals surface area (Å²) in [5.74, 6) is 1.20. The summed E-state index contributed by atoms with van der Waals surface area (Å²) in [7, 11) is 1.62. The zero-order chi connectivity index (χ0) is 22.2. The number of amides is 1. The largest absolute Gasteiger partial charge is 0.493 e. The Kier molecular flexibility index (Phi) is 8.09. The molecular formula is C24H28ClN3O3. The van der Waals surface area contributed by atoms with Crippen molar-refractivity contribution < 1.29 is 14.3 Å². The molecule has 6 nitrogen and oxygen atoms in total. The SMILES string of the molecule is CCN(CC)CCOc1ccc(CNC(=O)c2ccc3nc(Cl)ccc3c2)cc1OC. The van der Waals surface area contributed by atoms with Crippen molar-refractivity contribution in [3.8, 4) is 11.5 Å². The number of nitrogens with one attached hydrogen (secondary N) is 1. The van der Waals surface area contributed by atoms with Gasteiger partial charge >= 0.3 is 0 Å². The predicted octanol–water partition coefficient (Wildman–Crippen LogP) is 4.55. The van der Waals surface area contributed by atoms with Crippen LogP contribution in [0.15, 0.2) is 48.5 Å². The number of carbonyl (C=O) groups is 1. The molecule has 7 heteroatoms. The van der Waals surface area contributed by atoms with Crippen molar-refractivity contribution in [1.29, 1.82) is 0 Å². The van der Waals surface area contributed by atoms with Gasteiger partial charge in [0.25, 0.3) is 5.91 Å². The number of hydrogen-bond acceptors (Lipinski definition) is 5. The lowest BCUT2D eigenvalue weighted by Crippen LogP contribution is -2.28. The van der Waals surface area contributed by atoms with E-state index in [0.29, 0.717) is 35.4 Å². The van der Waals surface area contributed by atoms with Crippen LogP contribution in [-0.2, 0) is 6.54 Å². The van der Waals surface area contributed by atoms with Crippen molar-refractivity contribution >= 4 is 28.4 Å². The van der Waals surface area contributed by atoms with Gasteiger partial charge in [-0.05, 0) is 61.1 Å². The normalized spacial score (nSPS) is 11.0. The van der Waals surface area contributed by atoms with E-state index in [4.69, 9.17) is 21.1 Å². The third kappa shape index (κ3) is 6.09. The first-order valence-corrected chi connectivity index (χ1v) is 10.8. The zero-order valence-corrected chi connectivity index (χ0v) is 18.9. The van der Waals surface area contributed by atoms with Crippen LogP contribution in [-0.4, -0.2) is 49.1 Å². The van der Waals surface area contributed by atoms with Gasteiger partial charge in [0.15, 0.2) is 11.5 Å². The molecule has 2 aromatic carbocycles. The summed E-state index contributed by atoms with van der Waals surface area (Å²) in [6.45, 7) is 8.10. The zero-order valence-electron chi connectivity index (χ0n) is 18.2. The highest BCUT2D eigenvalue weighted by molar-refractivity contribution is 6.29. The van der Waals surface area contributed by atoms with Crippen LogP contribution >= 0.6 is 11.6 Å². The van der Waals surface area contributed by atoms with Crippen LogP contribution in [0.1, 0.15) is 29.8 Å². The first kappa shape index (κ1) is 22.8. The van der Waals surface area contributed by atoms with Gasteiger partial charge in [0.2, 0.25) is 0 Å². The van der Waals surface area contributed by atoms with E-state index in [1.54, 1.807) is 31.4 Å². The molecule has 1 amide bonds. The van der Waals surface area contributed by atoms with Gasteiger partial charge in [0.1, 0.15) is 11.8 Å². The average Bonchev–Trinajstić information content (AvgIpc) is 2.80. The van der Waals surface area contributed by atoms with Gasteiger partial charge in [-0.15, -0.1) is 0 Å². The average molecular weight is 442 g/mol. The molecule has 164 valence electrons. The number of likely N-dealkylation sites (N-methyl/N-ethyl adjacent to an activating group) is 1. The number of ether oxygens (including phenoxy) is 2. The molecule has 0 aliphatic carbocycles. The molecule has 1 aromatic heterocycles. The first-order valence-electron chi connectivity index (χ1n) is 10.4. The van der Waals surface area contributed by atoms with E-state index in [1.807, 2.05) is 24.3 Å². The van der Waals surface area contributed by atoms with E-state index in [2.05, 4.69) is 29.0 Å². The number of methoxy groups -OCH3 is 1. The van der Waals surface area contributed by atoms with Crippen molar-refractivity contribution in [2.24, 2.45) is 0 Å². The highest BCUT2D eigenvalue weighted by Crippen LogP contribution is 2.28. The Bertz CT molecular complexity index is 1040. The lowest BCUT2D eigenvalue weighted by molar-refractivity contribution is 0.0951. The summed E-state index contributed by atoms with van der Waals surface area (Å²) < 4.78 is 11.4. The number of fused-ring (bicyclic) bond motifs is 1. The van der Waals surface area contributed by atoms with E-state index < -0.39 is 0 Å². The molecule has 31 heavy (non-hydrogen) atoms. The maximum atomic E-state index is 12.6. The van der Waals surface area contributed by atoms with E-state index in [0.717, 1.165) is 36.1 Å². The Labute approximate surface area is 188 Å². The summed E-state index contributed by atoms with van der Waals surface area (Å²) in [4.78, 5) is 19.1. The Balaban J connectivity index is 1.60. The summed E-state index contributed by atoms with van der Waals surface area (Å²) >= 11 is 5.92. The van der Waals surface area contributed by atoms with Crippen LogP contribution in [0.25, 0.3) is 10.9 Å². The molecule has 0 aliphatic heterocycles. The molecule has 0 atom stereocenters. The maximum Gasteiger partial charge on any atom is 0.251 e. The second-order valence-electron chi connectivity index (χ2n) is 7.08. The highest BCUT2D eigenvalue weighted by Gasteiger charge is 2.10. The molecule has 1 heterocycles. The number of halogens is 1. The first-order chi connectivity index (χ1) is 15.0. The molecule has 0 saturated heterocycles. The van der Waals surface area contributed by atoms with Gasteiger partial charge in [-0.2, -0.15) is 0 Å². The Morgan fingerprint density at radius 2 is 1.87 bits per heavy atom. The standard InChI is InChI=1S/C24H28ClN3O3/c1-4-28(5-2)12-13-31-21-10-6-17(14-22(21)30-3)16-26-24(29)19-7-9-20-18(15-19)8-11-23(25)27-20/h6-11,14-15H,4-5,12-13,16H2,1-3H3,(H,26,29). The van der Waals surface area contributed by atoms with Gasteiger partial charge in [-0.25, -0.2) is 4.98 Å². The number of carbonyl (C=O) groups excluding carboxylic acids is 1. The quantitative estimate of drug-likeness (QED) is 0.468. The molecule has 0 radical (unpaired) electrons. The fourth-order valence-electron chi connectivity index (χ4n) is 3.29. The van der Waals surface area contributed by atoms with Crippen LogP contribution in [0.3, 0.4) is 0 Å². The number of pyridine rings is 1. The number of nitrogens with zero attached hydrogens (tertiary/aromatic N) is 2. The molecular weight excluding hydrogens is 414 g/mol. The second kappa shape index (κ2) is 11.0. The lowest BCUT2D eigenvalue weighted by Gasteiger charge is -2.19. The molecule has 0 bridgehead atoms. The smallest absolute Gasteiger partial charge is 0.251 e. The summed E-state index contributed by atoms with van der Waals surface area (Å²) in [5, 5.41) is 4.24. The fourth-order valence-corrected chi connectivity index (χ4v) is 3.45. The van der Waals surface area contributed by atoms with Crippen molar-refractivity contribution in [2.45, 2.75) is 20.4 Å². The van der Waals surface area contributed by atoms with Crippen LogP contribution < -0.4 is 14.8 Å². The third-order valence-corrected chi connectivity index (χ3v) is 5.37. The summed E-state index contributed by atoms with van der Waals surface area (Å²) in [6.07, 6.45) is 0. The molecule has 0 fully saturated rings. The minimum absolute atomic E-state index is 0.157. The molecule has 1 N–H and O–H groups in total. The second-order valence-corrected chi connectivity index (χ2v) is 7.47. The summed E-state index contributed by atoms with van der Waals surface area (Å²) in [5.41, 5.74) is 2.25. The maximum absolute atomic E-state index is 12.6. The van der Waals surface area contributed by atoms with E-state index in [9.17, 15) is 4.79 Å².